The molecule has 0 heterocycles. The highest BCUT2D eigenvalue weighted by Crippen LogP contribution is 2.24. The van der Waals surface area contributed by atoms with Gasteiger partial charge in [0, 0.05) is 5.56 Å². The van der Waals surface area contributed by atoms with Gasteiger partial charge in [-0.25, -0.2) is 4.79 Å². The Kier molecular flexibility index (Phi) is 5.21. The fourth-order valence-electron chi connectivity index (χ4n) is 1.98. The van der Waals surface area contributed by atoms with Crippen molar-refractivity contribution in [3.8, 4) is 11.5 Å². The van der Waals surface area contributed by atoms with E-state index in [1.807, 2.05) is 25.1 Å². The van der Waals surface area contributed by atoms with E-state index >= 15 is 0 Å². The average Bonchev–Trinajstić information content (AvgIpc) is 2.49. The van der Waals surface area contributed by atoms with Crippen molar-refractivity contribution in [1.29, 1.82) is 0 Å². The molecule has 0 aliphatic heterocycles. The molecule has 0 aromatic heterocycles. The lowest BCUT2D eigenvalue weighted by Gasteiger charge is -2.10. The Morgan fingerprint density at radius 3 is 2.48 bits per heavy atom. The van der Waals surface area contributed by atoms with E-state index in [4.69, 9.17) is 9.47 Å². The van der Waals surface area contributed by atoms with Gasteiger partial charge in [0.2, 0.25) is 0 Å². The number of phenolic OH excluding ortho intramolecular Hbond substituents is 1. The predicted molar refractivity (Wildman–Crippen MR) is 79.4 cm³/mol. The van der Waals surface area contributed by atoms with Gasteiger partial charge in [-0.1, -0.05) is 49.7 Å². The first kappa shape index (κ1) is 14.9. The van der Waals surface area contributed by atoms with Gasteiger partial charge in [-0.05, 0) is 24.1 Å². The third kappa shape index (κ3) is 4.24. The van der Waals surface area contributed by atoms with Crippen LogP contribution in [0.3, 0.4) is 0 Å². The van der Waals surface area contributed by atoms with Gasteiger partial charge < -0.3 is 14.6 Å². The minimum Gasteiger partial charge on any atom is -0.507 e. The van der Waals surface area contributed by atoms with Gasteiger partial charge in [0.1, 0.15) is 18.1 Å². The molecule has 0 aliphatic carbocycles. The van der Waals surface area contributed by atoms with Gasteiger partial charge in [0.25, 0.3) is 0 Å². The summed E-state index contributed by atoms with van der Waals surface area (Å²) in [6.45, 7) is 2.02. The van der Waals surface area contributed by atoms with Gasteiger partial charge in [-0.3, -0.25) is 0 Å². The lowest BCUT2D eigenvalue weighted by atomic mass is 10.1. The maximum Gasteiger partial charge on any atom is 0.514 e. The summed E-state index contributed by atoms with van der Waals surface area (Å²) in [6, 6.07) is 14.1. The number of hydrogen-bond acceptors (Lipinski definition) is 4. The summed E-state index contributed by atoms with van der Waals surface area (Å²) in [7, 11) is 0. The highest BCUT2D eigenvalue weighted by Gasteiger charge is 2.10. The molecule has 0 fully saturated rings. The van der Waals surface area contributed by atoms with E-state index in [9.17, 15) is 9.90 Å². The van der Waals surface area contributed by atoms with Crippen molar-refractivity contribution in [2.75, 3.05) is 0 Å². The number of carbonyl (C=O) groups is 1. The maximum absolute atomic E-state index is 11.6. The van der Waals surface area contributed by atoms with E-state index < -0.39 is 6.16 Å². The first-order valence-electron chi connectivity index (χ1n) is 6.90. The molecule has 21 heavy (non-hydrogen) atoms. The second-order valence-electron chi connectivity index (χ2n) is 4.63. The number of hydrogen-bond donors (Lipinski definition) is 1. The van der Waals surface area contributed by atoms with Crippen LogP contribution >= 0.6 is 0 Å². The fourth-order valence-corrected chi connectivity index (χ4v) is 1.98. The van der Waals surface area contributed by atoms with E-state index in [1.54, 1.807) is 30.3 Å². The number of carbonyl (C=O) groups excluding carboxylic acids is 1. The first-order valence-corrected chi connectivity index (χ1v) is 6.90. The molecule has 2 aromatic rings. The minimum atomic E-state index is -0.790. The SMILES string of the molecule is CCCc1cccc(COC(=O)Oc2ccccc2)c1O. The fraction of sp³-hybridized carbons (Fsp3) is 0.235. The highest BCUT2D eigenvalue weighted by molar-refractivity contribution is 5.63. The van der Waals surface area contributed by atoms with Crippen molar-refractivity contribution < 1.29 is 19.4 Å². The Hall–Kier alpha value is -2.49. The molecular weight excluding hydrogens is 268 g/mol. The van der Waals surface area contributed by atoms with Crippen molar-refractivity contribution in [1.82, 2.24) is 0 Å². The molecule has 2 aromatic carbocycles. The molecule has 1 N–H and O–H groups in total. The highest BCUT2D eigenvalue weighted by atomic mass is 16.7. The van der Waals surface area contributed by atoms with Crippen LogP contribution in [0.2, 0.25) is 0 Å². The van der Waals surface area contributed by atoms with Crippen LogP contribution in [0.5, 0.6) is 11.5 Å². The van der Waals surface area contributed by atoms with Gasteiger partial charge >= 0.3 is 6.16 Å². The Labute approximate surface area is 123 Å². The molecule has 2 rings (SSSR count). The normalized spacial score (nSPS) is 10.1. The van der Waals surface area contributed by atoms with Crippen LogP contribution in [0.25, 0.3) is 0 Å². The van der Waals surface area contributed by atoms with Crippen LogP contribution in [0, 0.1) is 0 Å². The van der Waals surface area contributed by atoms with Gasteiger partial charge in [0.05, 0.1) is 0 Å². The van der Waals surface area contributed by atoms with Crippen molar-refractivity contribution in [3.63, 3.8) is 0 Å². The first-order chi connectivity index (χ1) is 10.2. The van der Waals surface area contributed by atoms with E-state index in [2.05, 4.69) is 0 Å². The molecule has 0 amide bonds. The Balaban J connectivity index is 1.94. The second kappa shape index (κ2) is 7.33. The largest absolute Gasteiger partial charge is 0.514 e. The van der Waals surface area contributed by atoms with E-state index in [0.29, 0.717) is 11.3 Å². The zero-order chi connectivity index (χ0) is 15.1. The summed E-state index contributed by atoms with van der Waals surface area (Å²) in [5.74, 6) is 0.610. The van der Waals surface area contributed by atoms with Crippen LogP contribution in [-0.2, 0) is 17.8 Å². The number of rotatable bonds is 5. The number of benzene rings is 2. The molecule has 0 saturated heterocycles. The molecule has 0 bridgehead atoms. The minimum absolute atomic E-state index is 0.0188. The van der Waals surface area contributed by atoms with Crippen LogP contribution < -0.4 is 4.74 Å². The number of phenols is 1. The monoisotopic (exact) mass is 286 g/mol. The van der Waals surface area contributed by atoms with Crippen molar-refractivity contribution in [2.24, 2.45) is 0 Å². The molecule has 4 nitrogen and oxygen atoms in total. The zero-order valence-corrected chi connectivity index (χ0v) is 11.9. The lowest BCUT2D eigenvalue weighted by Crippen LogP contribution is -2.10. The smallest absolute Gasteiger partial charge is 0.507 e. The maximum atomic E-state index is 11.6. The number of ether oxygens (including phenoxy) is 2. The predicted octanol–water partition coefficient (Wildman–Crippen LogP) is 4.06. The van der Waals surface area contributed by atoms with Crippen molar-refractivity contribution in [3.05, 3.63) is 59.7 Å². The second-order valence-corrected chi connectivity index (χ2v) is 4.63. The topological polar surface area (TPSA) is 55.8 Å². The van der Waals surface area contributed by atoms with E-state index in [-0.39, 0.29) is 12.4 Å². The zero-order valence-electron chi connectivity index (χ0n) is 11.9. The van der Waals surface area contributed by atoms with Gasteiger partial charge in [-0.15, -0.1) is 0 Å². The Morgan fingerprint density at radius 1 is 1.05 bits per heavy atom. The molecular formula is C17H18O4. The van der Waals surface area contributed by atoms with Crippen LogP contribution in [0.4, 0.5) is 4.79 Å². The average molecular weight is 286 g/mol. The number of para-hydroxylation sites is 2. The molecule has 0 unspecified atom stereocenters. The van der Waals surface area contributed by atoms with Crippen LogP contribution in [0.15, 0.2) is 48.5 Å². The number of aryl methyl sites for hydroxylation is 1. The molecule has 4 heteroatoms. The summed E-state index contributed by atoms with van der Waals surface area (Å²) >= 11 is 0. The Bertz CT molecular complexity index is 593. The third-order valence-corrected chi connectivity index (χ3v) is 3.01. The summed E-state index contributed by atoms with van der Waals surface area (Å²) in [5.41, 5.74) is 1.43. The summed E-state index contributed by atoms with van der Waals surface area (Å²) in [6.07, 6.45) is 0.934. The summed E-state index contributed by atoms with van der Waals surface area (Å²) in [4.78, 5) is 11.6. The quantitative estimate of drug-likeness (QED) is 0.665. The van der Waals surface area contributed by atoms with Crippen LogP contribution in [0.1, 0.15) is 24.5 Å². The van der Waals surface area contributed by atoms with Crippen molar-refractivity contribution >= 4 is 6.16 Å². The molecule has 110 valence electrons. The van der Waals surface area contributed by atoms with E-state index in [1.165, 1.54) is 0 Å². The third-order valence-electron chi connectivity index (χ3n) is 3.01. The standard InChI is InChI=1S/C17H18O4/c1-2-7-13-8-6-9-14(16(13)18)12-20-17(19)21-15-10-4-3-5-11-15/h3-6,8-11,18H,2,7,12H2,1H3. The molecule has 0 spiro atoms. The molecule has 0 saturated carbocycles. The van der Waals surface area contributed by atoms with Gasteiger partial charge in [-0.2, -0.15) is 0 Å². The summed E-state index contributed by atoms with van der Waals surface area (Å²) < 4.78 is 10.0. The Morgan fingerprint density at radius 2 is 1.76 bits per heavy atom. The summed E-state index contributed by atoms with van der Waals surface area (Å²) in [5, 5.41) is 10.1. The number of aromatic hydroxyl groups is 1. The lowest BCUT2D eigenvalue weighted by molar-refractivity contribution is 0.0921. The van der Waals surface area contributed by atoms with Crippen LogP contribution in [-0.4, -0.2) is 11.3 Å². The molecule has 0 radical (unpaired) electrons. The molecule has 0 aliphatic rings. The van der Waals surface area contributed by atoms with E-state index in [0.717, 1.165) is 18.4 Å². The molecule has 0 atom stereocenters. The van der Waals surface area contributed by atoms with Crippen molar-refractivity contribution in [2.45, 2.75) is 26.4 Å². The van der Waals surface area contributed by atoms with Gasteiger partial charge in [0.15, 0.2) is 0 Å².